The molecule has 2 N–H and O–H groups in total. The summed E-state index contributed by atoms with van der Waals surface area (Å²) in [7, 11) is 2.02. The van der Waals surface area contributed by atoms with Crippen LogP contribution in [0.25, 0.3) is 0 Å². The monoisotopic (exact) mass is 452 g/mol. The number of ether oxygens (including phenoxy) is 1. The van der Waals surface area contributed by atoms with Crippen LogP contribution >= 0.6 is 0 Å². The number of likely N-dealkylation sites (N-methyl/N-ethyl adjacent to an activating group) is 1. The number of piperazine rings is 1. The van der Waals surface area contributed by atoms with E-state index in [-0.39, 0.29) is 42.3 Å². The largest absolute Gasteiger partial charge is 0.480 e. The summed E-state index contributed by atoms with van der Waals surface area (Å²) < 4.78 is 5.28. The van der Waals surface area contributed by atoms with Crippen LogP contribution in [0.3, 0.4) is 0 Å². The third kappa shape index (κ3) is 5.70. The molecule has 1 saturated carbocycles. The summed E-state index contributed by atoms with van der Waals surface area (Å²) in [5.74, 6) is -1.18. The second kappa shape index (κ2) is 9.25. The van der Waals surface area contributed by atoms with Crippen molar-refractivity contribution in [2.45, 2.75) is 70.1 Å². The minimum Gasteiger partial charge on any atom is -0.480 e. The maximum atomic E-state index is 13.1. The smallest absolute Gasteiger partial charge is 0.407 e. The Morgan fingerprint density at radius 1 is 1.16 bits per heavy atom. The van der Waals surface area contributed by atoms with E-state index in [0.717, 1.165) is 0 Å². The Labute approximate surface area is 189 Å². The molecule has 10 nitrogen and oxygen atoms in total. The summed E-state index contributed by atoms with van der Waals surface area (Å²) in [5, 5.41) is 11.9. The van der Waals surface area contributed by atoms with Crippen LogP contribution in [0.4, 0.5) is 4.79 Å². The molecule has 3 rings (SSSR count). The van der Waals surface area contributed by atoms with Crippen LogP contribution in [-0.4, -0.2) is 101 Å². The molecular formula is C22H36N4O6. The Morgan fingerprint density at radius 2 is 1.84 bits per heavy atom. The Balaban J connectivity index is 1.55. The summed E-state index contributed by atoms with van der Waals surface area (Å²) in [6, 6.07) is -0.0553. The molecule has 3 aliphatic rings. The number of carboxylic acids is 1. The number of likely N-dealkylation sites (tertiary alicyclic amines) is 1. The average Bonchev–Trinajstić information content (AvgIpc) is 2.79. The van der Waals surface area contributed by atoms with E-state index >= 15 is 0 Å². The third-order valence-corrected chi connectivity index (χ3v) is 6.85. The SMILES string of the molecule is CN1CCN(C(=O)C2CC(NC(=O)OC(C)(C)C)C2)CC12CCC(=O)N(CC(=O)O)CC2. The van der Waals surface area contributed by atoms with Gasteiger partial charge in [-0.2, -0.15) is 0 Å². The van der Waals surface area contributed by atoms with Crippen LogP contribution in [-0.2, 0) is 19.1 Å². The van der Waals surface area contributed by atoms with E-state index in [9.17, 15) is 19.2 Å². The van der Waals surface area contributed by atoms with Gasteiger partial charge in [0.15, 0.2) is 0 Å². The molecule has 1 spiro atoms. The van der Waals surface area contributed by atoms with Crippen molar-refractivity contribution in [3.05, 3.63) is 0 Å². The van der Waals surface area contributed by atoms with E-state index in [0.29, 0.717) is 51.9 Å². The van der Waals surface area contributed by atoms with Gasteiger partial charge in [0.25, 0.3) is 0 Å². The Kier molecular flexibility index (Phi) is 7.02. The number of rotatable bonds is 4. The molecule has 0 bridgehead atoms. The number of carboxylic acid groups (broad SMARTS) is 1. The maximum absolute atomic E-state index is 13.1. The molecule has 0 aromatic rings. The van der Waals surface area contributed by atoms with Crippen molar-refractivity contribution in [3.8, 4) is 0 Å². The van der Waals surface area contributed by atoms with Crippen LogP contribution in [0.15, 0.2) is 0 Å². The van der Waals surface area contributed by atoms with E-state index < -0.39 is 17.7 Å². The number of amides is 3. The summed E-state index contributed by atoms with van der Waals surface area (Å²) in [6.45, 7) is 7.41. The lowest BCUT2D eigenvalue weighted by Crippen LogP contribution is -2.63. The summed E-state index contributed by atoms with van der Waals surface area (Å²) in [4.78, 5) is 54.1. The molecule has 1 aliphatic carbocycles. The third-order valence-electron chi connectivity index (χ3n) is 6.85. The molecule has 2 aliphatic heterocycles. The van der Waals surface area contributed by atoms with E-state index in [4.69, 9.17) is 9.84 Å². The molecule has 2 heterocycles. The highest BCUT2D eigenvalue weighted by atomic mass is 16.6. The molecule has 1 atom stereocenters. The van der Waals surface area contributed by atoms with Crippen molar-refractivity contribution in [2.75, 3.05) is 39.8 Å². The molecule has 1 unspecified atom stereocenters. The predicted octanol–water partition coefficient (Wildman–Crippen LogP) is 0.900. The van der Waals surface area contributed by atoms with E-state index in [1.165, 1.54) is 4.90 Å². The van der Waals surface area contributed by atoms with Gasteiger partial charge < -0.3 is 25.0 Å². The summed E-state index contributed by atoms with van der Waals surface area (Å²) in [5.41, 5.74) is -0.883. The molecule has 3 fully saturated rings. The van der Waals surface area contributed by atoms with Gasteiger partial charge in [0.2, 0.25) is 11.8 Å². The number of nitrogens with one attached hydrogen (secondary N) is 1. The van der Waals surface area contributed by atoms with Crippen molar-refractivity contribution < 1.29 is 29.0 Å². The number of aliphatic carboxylic acids is 1. The molecule has 180 valence electrons. The number of carbonyl (C=O) groups excluding carboxylic acids is 3. The van der Waals surface area contributed by atoms with Gasteiger partial charge in [-0.05, 0) is 53.5 Å². The minimum absolute atomic E-state index is 0.0553. The Hall–Kier alpha value is -2.36. The van der Waals surface area contributed by atoms with E-state index in [1.807, 2.05) is 32.7 Å². The van der Waals surface area contributed by atoms with Crippen LogP contribution in [0.1, 0.15) is 52.9 Å². The first-order chi connectivity index (χ1) is 14.9. The van der Waals surface area contributed by atoms with Crippen LogP contribution in [0, 0.1) is 5.92 Å². The first-order valence-corrected chi connectivity index (χ1v) is 11.4. The predicted molar refractivity (Wildman–Crippen MR) is 116 cm³/mol. The standard InChI is InChI=1S/C22H36N4O6/c1-21(2,3)32-20(31)23-16-11-15(12-16)19(30)26-10-9-24(4)22(14-26)6-5-17(27)25(8-7-22)13-18(28)29/h15-16H,5-14H2,1-4H3,(H,23,31)(H,28,29). The van der Waals surface area contributed by atoms with Crippen molar-refractivity contribution in [1.29, 1.82) is 0 Å². The zero-order chi connectivity index (χ0) is 23.7. The number of carbonyl (C=O) groups is 4. The highest BCUT2D eigenvalue weighted by Crippen LogP contribution is 2.35. The molecule has 3 amide bonds. The fraction of sp³-hybridized carbons (Fsp3) is 0.818. The van der Waals surface area contributed by atoms with Gasteiger partial charge in [0.1, 0.15) is 12.1 Å². The van der Waals surface area contributed by atoms with Crippen LogP contribution in [0.2, 0.25) is 0 Å². The Morgan fingerprint density at radius 3 is 2.47 bits per heavy atom. The highest BCUT2D eigenvalue weighted by molar-refractivity contribution is 5.82. The fourth-order valence-electron chi connectivity index (χ4n) is 4.88. The number of hydrogen-bond acceptors (Lipinski definition) is 6. The molecule has 2 saturated heterocycles. The highest BCUT2D eigenvalue weighted by Gasteiger charge is 2.46. The quantitative estimate of drug-likeness (QED) is 0.650. The normalized spacial score (nSPS) is 29.3. The molecular weight excluding hydrogens is 416 g/mol. The molecule has 0 aromatic carbocycles. The van der Waals surface area contributed by atoms with Gasteiger partial charge in [-0.15, -0.1) is 0 Å². The fourth-order valence-corrected chi connectivity index (χ4v) is 4.88. The maximum Gasteiger partial charge on any atom is 0.407 e. The van der Waals surface area contributed by atoms with Crippen molar-refractivity contribution in [3.63, 3.8) is 0 Å². The molecule has 0 radical (unpaired) electrons. The Bertz CT molecular complexity index is 760. The van der Waals surface area contributed by atoms with Gasteiger partial charge in [-0.1, -0.05) is 0 Å². The summed E-state index contributed by atoms with van der Waals surface area (Å²) in [6.07, 6.45) is 2.27. The van der Waals surface area contributed by atoms with Gasteiger partial charge in [-0.3, -0.25) is 19.3 Å². The number of alkyl carbamates (subject to hydrolysis) is 1. The lowest BCUT2D eigenvalue weighted by Gasteiger charge is -2.50. The van der Waals surface area contributed by atoms with Crippen LogP contribution < -0.4 is 5.32 Å². The zero-order valence-corrected chi connectivity index (χ0v) is 19.6. The van der Waals surface area contributed by atoms with Crippen molar-refractivity contribution in [1.82, 2.24) is 20.0 Å². The van der Waals surface area contributed by atoms with Gasteiger partial charge in [0, 0.05) is 50.1 Å². The number of hydrogen-bond donors (Lipinski definition) is 2. The molecule has 10 heteroatoms. The van der Waals surface area contributed by atoms with Gasteiger partial charge in [0.05, 0.1) is 0 Å². The van der Waals surface area contributed by atoms with Crippen molar-refractivity contribution in [2.24, 2.45) is 5.92 Å². The topological polar surface area (TPSA) is 119 Å². The average molecular weight is 453 g/mol. The first-order valence-electron chi connectivity index (χ1n) is 11.4. The van der Waals surface area contributed by atoms with Gasteiger partial charge in [-0.25, -0.2) is 4.79 Å². The van der Waals surface area contributed by atoms with Crippen molar-refractivity contribution >= 4 is 23.9 Å². The molecule has 0 aromatic heterocycles. The lowest BCUT2D eigenvalue weighted by molar-refractivity contribution is -0.144. The zero-order valence-electron chi connectivity index (χ0n) is 19.6. The van der Waals surface area contributed by atoms with E-state index in [2.05, 4.69) is 10.2 Å². The summed E-state index contributed by atoms with van der Waals surface area (Å²) >= 11 is 0. The lowest BCUT2D eigenvalue weighted by atomic mass is 9.78. The number of nitrogens with zero attached hydrogens (tertiary/aromatic N) is 3. The van der Waals surface area contributed by atoms with E-state index in [1.54, 1.807) is 0 Å². The van der Waals surface area contributed by atoms with Crippen LogP contribution in [0.5, 0.6) is 0 Å². The second-order valence-electron chi connectivity index (χ2n) is 10.4. The minimum atomic E-state index is -1.01. The second-order valence-corrected chi connectivity index (χ2v) is 10.4. The van der Waals surface area contributed by atoms with Gasteiger partial charge >= 0.3 is 12.1 Å². The first kappa shape index (κ1) is 24.3. The molecule has 32 heavy (non-hydrogen) atoms.